The van der Waals surface area contributed by atoms with Gasteiger partial charge in [0.1, 0.15) is 5.75 Å². The summed E-state index contributed by atoms with van der Waals surface area (Å²) < 4.78 is 5.33. The first-order valence-corrected chi connectivity index (χ1v) is 6.85. The molecule has 104 valence electrons. The number of hydrogen-bond donors (Lipinski definition) is 1. The standard InChI is InChI=1S/C15H13Cl2NO2/c1-2-20-11-8-6-10(7-9-11)18-15(19)14-12(16)4-3-5-13(14)17/h3-9H,2H2,1H3,(H,18,19). The summed E-state index contributed by atoms with van der Waals surface area (Å²) in [5.41, 5.74) is 0.916. The second kappa shape index (κ2) is 6.64. The molecule has 0 saturated heterocycles. The van der Waals surface area contributed by atoms with E-state index in [2.05, 4.69) is 5.32 Å². The Kier molecular flexibility index (Phi) is 4.88. The molecule has 0 saturated carbocycles. The molecule has 0 spiro atoms. The predicted molar refractivity (Wildman–Crippen MR) is 82.0 cm³/mol. The van der Waals surface area contributed by atoms with Crippen molar-refractivity contribution in [2.24, 2.45) is 0 Å². The van der Waals surface area contributed by atoms with Crippen LogP contribution in [-0.2, 0) is 0 Å². The Morgan fingerprint density at radius 3 is 2.25 bits per heavy atom. The molecule has 2 aromatic carbocycles. The molecule has 0 fully saturated rings. The molecule has 0 radical (unpaired) electrons. The maximum Gasteiger partial charge on any atom is 0.258 e. The summed E-state index contributed by atoms with van der Waals surface area (Å²) in [6.07, 6.45) is 0. The van der Waals surface area contributed by atoms with Gasteiger partial charge in [-0.25, -0.2) is 0 Å². The van der Waals surface area contributed by atoms with Crippen LogP contribution in [-0.4, -0.2) is 12.5 Å². The van der Waals surface area contributed by atoms with E-state index in [1.165, 1.54) is 0 Å². The summed E-state index contributed by atoms with van der Waals surface area (Å²) in [5, 5.41) is 3.39. The first kappa shape index (κ1) is 14.7. The fourth-order valence-corrected chi connectivity index (χ4v) is 2.28. The molecule has 0 heterocycles. The van der Waals surface area contributed by atoms with Gasteiger partial charge < -0.3 is 10.1 Å². The van der Waals surface area contributed by atoms with Gasteiger partial charge in [-0.1, -0.05) is 29.3 Å². The van der Waals surface area contributed by atoms with Gasteiger partial charge in [0.25, 0.3) is 5.91 Å². The number of benzene rings is 2. The Hall–Kier alpha value is -1.71. The molecule has 1 amide bonds. The van der Waals surface area contributed by atoms with Crippen LogP contribution in [0.3, 0.4) is 0 Å². The molecule has 0 aliphatic carbocycles. The first-order valence-electron chi connectivity index (χ1n) is 6.10. The molecule has 0 bridgehead atoms. The molecule has 0 aliphatic heterocycles. The third-order valence-electron chi connectivity index (χ3n) is 2.61. The number of anilines is 1. The van der Waals surface area contributed by atoms with Crippen molar-refractivity contribution in [2.45, 2.75) is 6.92 Å². The van der Waals surface area contributed by atoms with Crippen molar-refractivity contribution in [3.05, 3.63) is 58.1 Å². The van der Waals surface area contributed by atoms with Crippen molar-refractivity contribution in [1.29, 1.82) is 0 Å². The minimum Gasteiger partial charge on any atom is -0.494 e. The average Bonchev–Trinajstić information content (AvgIpc) is 2.41. The minimum atomic E-state index is -0.343. The molecule has 20 heavy (non-hydrogen) atoms. The van der Waals surface area contributed by atoms with Crippen LogP contribution in [0, 0.1) is 0 Å². The highest BCUT2D eigenvalue weighted by atomic mass is 35.5. The molecular formula is C15H13Cl2NO2. The third-order valence-corrected chi connectivity index (χ3v) is 3.24. The van der Waals surface area contributed by atoms with Crippen molar-refractivity contribution >= 4 is 34.8 Å². The van der Waals surface area contributed by atoms with E-state index >= 15 is 0 Å². The fraction of sp³-hybridized carbons (Fsp3) is 0.133. The van der Waals surface area contributed by atoms with Crippen LogP contribution in [0.15, 0.2) is 42.5 Å². The van der Waals surface area contributed by atoms with Gasteiger partial charge in [-0.05, 0) is 43.3 Å². The lowest BCUT2D eigenvalue weighted by atomic mass is 10.2. The summed E-state index contributed by atoms with van der Waals surface area (Å²) >= 11 is 12.0. The zero-order valence-corrected chi connectivity index (χ0v) is 12.3. The summed E-state index contributed by atoms with van der Waals surface area (Å²) in [4.78, 5) is 12.2. The second-order valence-electron chi connectivity index (χ2n) is 4.01. The lowest BCUT2D eigenvalue weighted by Gasteiger charge is -2.09. The van der Waals surface area contributed by atoms with Crippen LogP contribution < -0.4 is 10.1 Å². The van der Waals surface area contributed by atoms with E-state index in [1.54, 1.807) is 42.5 Å². The number of nitrogens with one attached hydrogen (secondary N) is 1. The number of ether oxygens (including phenoxy) is 1. The predicted octanol–water partition coefficient (Wildman–Crippen LogP) is 4.64. The van der Waals surface area contributed by atoms with Gasteiger partial charge in [-0.15, -0.1) is 0 Å². The van der Waals surface area contributed by atoms with Gasteiger partial charge in [0, 0.05) is 5.69 Å². The van der Waals surface area contributed by atoms with E-state index < -0.39 is 0 Å². The highest BCUT2D eigenvalue weighted by Crippen LogP contribution is 2.25. The van der Waals surface area contributed by atoms with Gasteiger partial charge in [0.2, 0.25) is 0 Å². The van der Waals surface area contributed by atoms with Crippen molar-refractivity contribution in [2.75, 3.05) is 11.9 Å². The van der Waals surface area contributed by atoms with Gasteiger partial charge in [0.15, 0.2) is 0 Å². The summed E-state index contributed by atoms with van der Waals surface area (Å²) in [7, 11) is 0. The van der Waals surface area contributed by atoms with E-state index in [0.29, 0.717) is 22.3 Å². The smallest absolute Gasteiger partial charge is 0.258 e. The van der Waals surface area contributed by atoms with Crippen LogP contribution in [0.2, 0.25) is 10.0 Å². The lowest BCUT2D eigenvalue weighted by Crippen LogP contribution is -2.13. The van der Waals surface area contributed by atoms with Crippen molar-refractivity contribution < 1.29 is 9.53 Å². The molecule has 0 unspecified atom stereocenters. The van der Waals surface area contributed by atoms with Gasteiger partial charge in [-0.2, -0.15) is 0 Å². The monoisotopic (exact) mass is 309 g/mol. The maximum atomic E-state index is 12.2. The summed E-state index contributed by atoms with van der Waals surface area (Å²) in [6, 6.07) is 12.0. The molecule has 1 N–H and O–H groups in total. The summed E-state index contributed by atoms with van der Waals surface area (Å²) in [6.45, 7) is 2.51. The number of hydrogen-bond acceptors (Lipinski definition) is 2. The van der Waals surface area contributed by atoms with Crippen molar-refractivity contribution in [3.8, 4) is 5.75 Å². The van der Waals surface area contributed by atoms with Crippen molar-refractivity contribution in [1.82, 2.24) is 0 Å². The Bertz CT molecular complexity index is 592. The quantitative estimate of drug-likeness (QED) is 0.893. The van der Waals surface area contributed by atoms with Crippen LogP contribution in [0.25, 0.3) is 0 Å². The average molecular weight is 310 g/mol. The van der Waals surface area contributed by atoms with E-state index in [1.807, 2.05) is 6.92 Å². The maximum absolute atomic E-state index is 12.2. The molecule has 5 heteroatoms. The number of carbonyl (C=O) groups excluding carboxylic acids is 1. The Balaban J connectivity index is 2.15. The molecule has 3 nitrogen and oxygen atoms in total. The number of rotatable bonds is 4. The molecule has 0 aromatic heterocycles. The van der Waals surface area contributed by atoms with E-state index in [4.69, 9.17) is 27.9 Å². The third kappa shape index (κ3) is 3.44. The zero-order chi connectivity index (χ0) is 14.5. The zero-order valence-electron chi connectivity index (χ0n) is 10.8. The van der Waals surface area contributed by atoms with Crippen molar-refractivity contribution in [3.63, 3.8) is 0 Å². The van der Waals surface area contributed by atoms with E-state index in [9.17, 15) is 4.79 Å². The van der Waals surface area contributed by atoms with Crippen LogP contribution in [0.5, 0.6) is 5.75 Å². The summed E-state index contributed by atoms with van der Waals surface area (Å²) in [5.74, 6) is 0.408. The molecular weight excluding hydrogens is 297 g/mol. The molecule has 2 rings (SSSR count). The topological polar surface area (TPSA) is 38.3 Å². The normalized spacial score (nSPS) is 10.2. The molecule has 2 aromatic rings. The second-order valence-corrected chi connectivity index (χ2v) is 4.82. The van der Waals surface area contributed by atoms with Crippen LogP contribution in [0.1, 0.15) is 17.3 Å². The molecule has 0 aliphatic rings. The molecule has 0 atom stereocenters. The number of halogens is 2. The van der Waals surface area contributed by atoms with Gasteiger partial charge in [0.05, 0.1) is 22.2 Å². The van der Waals surface area contributed by atoms with Gasteiger partial charge >= 0.3 is 0 Å². The van der Waals surface area contributed by atoms with Crippen LogP contribution in [0.4, 0.5) is 5.69 Å². The van der Waals surface area contributed by atoms with Crippen LogP contribution >= 0.6 is 23.2 Å². The van der Waals surface area contributed by atoms with E-state index in [-0.39, 0.29) is 11.5 Å². The fourth-order valence-electron chi connectivity index (χ4n) is 1.71. The highest BCUT2D eigenvalue weighted by molar-refractivity contribution is 6.40. The largest absolute Gasteiger partial charge is 0.494 e. The first-order chi connectivity index (χ1) is 9.61. The Morgan fingerprint density at radius 2 is 1.70 bits per heavy atom. The van der Waals surface area contributed by atoms with E-state index in [0.717, 1.165) is 5.75 Å². The SMILES string of the molecule is CCOc1ccc(NC(=O)c2c(Cl)cccc2Cl)cc1. The highest BCUT2D eigenvalue weighted by Gasteiger charge is 2.14. The Morgan fingerprint density at radius 1 is 1.10 bits per heavy atom. The number of carbonyl (C=O) groups is 1. The number of amides is 1. The van der Waals surface area contributed by atoms with Gasteiger partial charge in [-0.3, -0.25) is 4.79 Å². The Labute approximate surface area is 127 Å². The minimum absolute atomic E-state index is 0.268. The lowest BCUT2D eigenvalue weighted by molar-refractivity contribution is 0.102.